The molecule has 1 N–H and O–H groups in total. The minimum Gasteiger partial charge on any atom is -0.496 e. The molecule has 0 spiro atoms. The number of piperazine rings is 1. The number of nitrogens with one attached hydrogen (secondary N) is 1. The number of piperidine rings is 1. The average Bonchev–Trinajstić information content (AvgIpc) is 3.69. The molecule has 3 atom stereocenters. The van der Waals surface area contributed by atoms with Gasteiger partial charge in [0.1, 0.15) is 5.75 Å². The highest BCUT2D eigenvalue weighted by Gasteiger charge is 2.48. The van der Waals surface area contributed by atoms with E-state index in [4.69, 9.17) is 4.74 Å². The Kier molecular flexibility index (Phi) is 7.44. The molecule has 2 aromatic rings. The monoisotopic (exact) mass is 644 g/mol. The summed E-state index contributed by atoms with van der Waals surface area (Å²) in [6.07, 6.45) is 15.3. The molecule has 3 fully saturated rings. The first-order valence-corrected chi connectivity index (χ1v) is 19.0. The summed E-state index contributed by atoms with van der Waals surface area (Å²) in [6.45, 7) is 4.01. The number of hydrogen-bond acceptors (Lipinski definition) is 6. The number of methoxy groups -OCH3 is 1. The molecule has 46 heavy (non-hydrogen) atoms. The lowest BCUT2D eigenvalue weighted by molar-refractivity contribution is -0.139. The van der Waals surface area contributed by atoms with Gasteiger partial charge in [0.15, 0.2) is 0 Å². The number of rotatable bonds is 5. The van der Waals surface area contributed by atoms with Crippen LogP contribution < -0.4 is 9.46 Å². The van der Waals surface area contributed by atoms with Gasteiger partial charge in [0.05, 0.1) is 30.4 Å². The fraction of sp³-hybridized carbons (Fsp3) is 0.556. The molecule has 2 saturated heterocycles. The van der Waals surface area contributed by atoms with Crippen molar-refractivity contribution in [2.24, 2.45) is 5.92 Å². The number of ether oxygens (including phenoxy) is 1. The second kappa shape index (κ2) is 11.4. The van der Waals surface area contributed by atoms with Crippen LogP contribution in [0.25, 0.3) is 10.9 Å². The zero-order valence-electron chi connectivity index (χ0n) is 26.9. The lowest BCUT2D eigenvalue weighted by Gasteiger charge is -2.45. The first-order chi connectivity index (χ1) is 22.2. The van der Waals surface area contributed by atoms with Crippen LogP contribution in [-0.2, 0) is 26.2 Å². The molecule has 9 nitrogen and oxygen atoms in total. The Morgan fingerprint density at radius 1 is 1.00 bits per heavy atom. The van der Waals surface area contributed by atoms with Gasteiger partial charge in [-0.25, -0.2) is 13.1 Å². The summed E-state index contributed by atoms with van der Waals surface area (Å²) in [4.78, 5) is 32.7. The van der Waals surface area contributed by atoms with Crippen LogP contribution in [0.4, 0.5) is 0 Å². The Morgan fingerprint density at radius 2 is 1.80 bits per heavy atom. The normalized spacial score (nSPS) is 26.7. The fourth-order valence-electron chi connectivity index (χ4n) is 9.32. The highest BCUT2D eigenvalue weighted by molar-refractivity contribution is 7.89. The standard InChI is InChI=1S/C36H44N4O5S/c1-45-30-15-14-24(22-9-4-3-5-10-22)34-27(30)19-29-31-25(32-28(21-40(29)34)33(32)35(41)37-46(2,43)44)12-8-13-26(31)36(42)39-18-17-38-16-7-6-11-23(38)20-39/h8,12,14-15,19,22-23,26,31H,3-7,9-11,13,16-18,20-21H2,1-2H3,(H,37,41)/t23?,26-,31?/m1/s1. The quantitative estimate of drug-likeness (QED) is 0.505. The van der Waals surface area contributed by atoms with Crippen LogP contribution in [0.3, 0.4) is 0 Å². The van der Waals surface area contributed by atoms with Gasteiger partial charge in [-0.2, -0.15) is 0 Å². The lowest BCUT2D eigenvalue weighted by atomic mass is 9.75. The zero-order chi connectivity index (χ0) is 31.7. The van der Waals surface area contributed by atoms with Crippen molar-refractivity contribution in [3.8, 4) is 5.75 Å². The van der Waals surface area contributed by atoms with Gasteiger partial charge in [0.2, 0.25) is 15.9 Å². The van der Waals surface area contributed by atoms with Gasteiger partial charge in [-0.1, -0.05) is 43.9 Å². The first-order valence-electron chi connectivity index (χ1n) is 17.1. The van der Waals surface area contributed by atoms with Crippen molar-refractivity contribution >= 4 is 32.7 Å². The highest BCUT2D eigenvalue weighted by Crippen LogP contribution is 2.55. The SMILES string of the molecule is COc1ccc(C2CCCCC2)c2c1cc1n2CC2=C(C(=O)NS(C)(=O)=O)C2=C2C=CC[C@@H](C(=O)N3CCN4CCCCC4C3)C21. The van der Waals surface area contributed by atoms with E-state index >= 15 is 0 Å². The van der Waals surface area contributed by atoms with E-state index in [1.807, 2.05) is 0 Å². The third kappa shape index (κ3) is 5.03. The van der Waals surface area contributed by atoms with Crippen LogP contribution in [0.2, 0.25) is 0 Å². The third-order valence-corrected chi connectivity index (χ3v) is 12.0. The minimum absolute atomic E-state index is 0.181. The summed E-state index contributed by atoms with van der Waals surface area (Å²) in [5, 5.41) is 1.04. The summed E-state index contributed by atoms with van der Waals surface area (Å²) in [5.41, 5.74) is 6.61. The number of fused-ring (bicyclic) bond motifs is 7. The van der Waals surface area contributed by atoms with Gasteiger partial charge in [0, 0.05) is 49.2 Å². The van der Waals surface area contributed by atoms with Crippen molar-refractivity contribution in [2.45, 2.75) is 82.2 Å². The number of allylic oxidation sites excluding steroid dienone is 4. The molecule has 0 radical (unpaired) electrons. The topological polar surface area (TPSA) is 101 Å². The Labute approximate surface area is 271 Å². The number of amides is 2. The smallest absolute Gasteiger partial charge is 0.265 e. The highest BCUT2D eigenvalue weighted by atomic mass is 32.2. The van der Waals surface area contributed by atoms with Crippen molar-refractivity contribution in [3.05, 3.63) is 63.9 Å². The molecular weight excluding hydrogens is 600 g/mol. The Balaban J connectivity index is 1.27. The summed E-state index contributed by atoms with van der Waals surface area (Å²) < 4.78 is 34.7. The summed E-state index contributed by atoms with van der Waals surface area (Å²) in [5.74, 6) is 0.277. The van der Waals surface area contributed by atoms with E-state index < -0.39 is 15.9 Å². The number of aromatic nitrogens is 1. The molecule has 244 valence electrons. The fourth-order valence-corrected chi connectivity index (χ4v) is 9.76. The third-order valence-electron chi connectivity index (χ3n) is 11.5. The van der Waals surface area contributed by atoms with Crippen molar-refractivity contribution < 1.29 is 22.7 Å². The Bertz CT molecular complexity index is 1830. The van der Waals surface area contributed by atoms with Gasteiger partial charge in [0.25, 0.3) is 5.91 Å². The molecule has 2 amide bonds. The van der Waals surface area contributed by atoms with Gasteiger partial charge in [-0.3, -0.25) is 14.5 Å². The maximum Gasteiger partial charge on any atom is 0.265 e. The van der Waals surface area contributed by atoms with E-state index in [0.29, 0.717) is 30.5 Å². The molecule has 10 heteroatoms. The van der Waals surface area contributed by atoms with Gasteiger partial charge in [-0.15, -0.1) is 0 Å². The van der Waals surface area contributed by atoms with Gasteiger partial charge in [-0.05, 0) is 79.0 Å². The first kappa shape index (κ1) is 30.0. The second-order valence-electron chi connectivity index (χ2n) is 14.2. The van der Waals surface area contributed by atoms with Crippen LogP contribution in [0.5, 0.6) is 5.75 Å². The van der Waals surface area contributed by atoms with E-state index in [0.717, 1.165) is 90.8 Å². The van der Waals surface area contributed by atoms with Crippen molar-refractivity contribution in [1.82, 2.24) is 19.1 Å². The van der Waals surface area contributed by atoms with E-state index in [9.17, 15) is 18.0 Å². The largest absolute Gasteiger partial charge is 0.496 e. The molecular formula is C36H44N4O5S. The van der Waals surface area contributed by atoms with Crippen LogP contribution >= 0.6 is 0 Å². The number of carbonyl (C=O) groups excluding carboxylic acids is 2. The molecule has 4 heterocycles. The maximum absolute atomic E-state index is 14.6. The number of nitrogens with zero attached hydrogens (tertiary/aromatic N) is 3. The lowest BCUT2D eigenvalue weighted by Crippen LogP contribution is -2.57. The molecule has 1 saturated carbocycles. The van der Waals surface area contributed by atoms with Crippen molar-refractivity contribution in [2.75, 3.05) is 39.5 Å². The number of hydrogen-bond donors (Lipinski definition) is 1. The number of sulfonamides is 1. The molecule has 6 aliphatic rings. The van der Waals surface area contributed by atoms with E-state index in [1.54, 1.807) is 7.11 Å². The number of carbonyl (C=O) groups is 2. The summed E-state index contributed by atoms with van der Waals surface area (Å²) in [7, 11) is -2.03. The predicted octanol–water partition coefficient (Wildman–Crippen LogP) is 4.75. The number of benzene rings is 1. The van der Waals surface area contributed by atoms with Crippen molar-refractivity contribution in [3.63, 3.8) is 0 Å². The van der Waals surface area contributed by atoms with E-state index in [-0.39, 0.29) is 17.7 Å². The summed E-state index contributed by atoms with van der Waals surface area (Å²) >= 11 is 0. The van der Waals surface area contributed by atoms with Gasteiger partial charge >= 0.3 is 0 Å². The molecule has 3 aliphatic heterocycles. The predicted molar refractivity (Wildman–Crippen MR) is 177 cm³/mol. The van der Waals surface area contributed by atoms with Crippen LogP contribution in [0.15, 0.2) is 52.6 Å². The molecule has 0 bridgehead atoms. The van der Waals surface area contributed by atoms with E-state index in [1.165, 1.54) is 37.7 Å². The second-order valence-corrected chi connectivity index (χ2v) is 15.9. The molecule has 1 aromatic carbocycles. The van der Waals surface area contributed by atoms with Crippen LogP contribution in [0.1, 0.15) is 80.9 Å². The molecule has 2 unspecified atom stereocenters. The average molecular weight is 645 g/mol. The Hall–Kier alpha value is -3.37. The molecule has 8 rings (SSSR count). The maximum atomic E-state index is 14.6. The van der Waals surface area contributed by atoms with Gasteiger partial charge < -0.3 is 14.2 Å². The molecule has 1 aromatic heterocycles. The van der Waals surface area contributed by atoms with Crippen molar-refractivity contribution in [1.29, 1.82) is 0 Å². The van der Waals surface area contributed by atoms with Crippen LogP contribution in [-0.4, -0.2) is 80.2 Å². The summed E-state index contributed by atoms with van der Waals surface area (Å²) in [6, 6.07) is 6.97. The minimum atomic E-state index is -3.74. The van der Waals surface area contributed by atoms with Crippen LogP contribution in [0, 0.1) is 5.92 Å². The van der Waals surface area contributed by atoms with E-state index in [2.05, 4.69) is 49.4 Å². The zero-order valence-corrected chi connectivity index (χ0v) is 27.7. The Morgan fingerprint density at radius 3 is 2.59 bits per heavy atom. The molecule has 3 aliphatic carbocycles.